The normalized spacial score (nSPS) is 28.3. The third-order valence-electron chi connectivity index (χ3n) is 1.26. The van der Waals surface area contributed by atoms with E-state index >= 15 is 0 Å². The van der Waals surface area contributed by atoms with E-state index in [0.717, 1.165) is 5.25 Å². The lowest BCUT2D eigenvalue weighted by molar-refractivity contribution is 0.587. The predicted molar refractivity (Wildman–Crippen MR) is 69.9 cm³/mol. The van der Waals surface area contributed by atoms with E-state index in [1.54, 1.807) is 0 Å². The van der Waals surface area contributed by atoms with Crippen molar-refractivity contribution < 1.29 is 0 Å². The fraction of sp³-hybridized carbons (Fsp3) is 0.875. The van der Waals surface area contributed by atoms with Crippen LogP contribution in [0.1, 0.15) is 20.8 Å². The Bertz CT molecular complexity index is 186. The Balaban J connectivity index is 2.51. The van der Waals surface area contributed by atoms with E-state index in [2.05, 4.69) is 48.4 Å². The molecule has 0 radical (unpaired) electrons. The molecule has 1 heterocycles. The van der Waals surface area contributed by atoms with E-state index in [1.807, 2.05) is 23.5 Å². The van der Waals surface area contributed by atoms with Crippen molar-refractivity contribution in [1.29, 1.82) is 0 Å². The van der Waals surface area contributed by atoms with Gasteiger partial charge in [0.25, 0.3) is 0 Å². The number of hydrogen-bond donors (Lipinski definition) is 0. The molecule has 1 aliphatic heterocycles. The molecule has 0 aromatic rings. The Morgan fingerprint density at radius 3 is 2.67 bits per heavy atom. The van der Waals surface area contributed by atoms with Crippen LogP contribution < -0.4 is 0 Å². The van der Waals surface area contributed by atoms with Crippen LogP contribution in [0.3, 0.4) is 0 Å². The van der Waals surface area contributed by atoms with Crippen LogP contribution in [0, 0.1) is 0 Å². The van der Waals surface area contributed by atoms with Crippen LogP contribution in [0.25, 0.3) is 0 Å². The van der Waals surface area contributed by atoms with Gasteiger partial charge in [0.1, 0.15) is 4.38 Å². The van der Waals surface area contributed by atoms with E-state index in [0.29, 0.717) is 0 Å². The molecular weight excluding hydrogens is 301 g/mol. The lowest BCUT2D eigenvalue weighted by Crippen LogP contribution is -2.10. The summed E-state index contributed by atoms with van der Waals surface area (Å²) in [4.78, 5) is 4.65. The minimum atomic E-state index is 0.0928. The number of aliphatic imine (C=N–C) groups is 1. The summed E-state index contributed by atoms with van der Waals surface area (Å²) in [7, 11) is 0. The van der Waals surface area contributed by atoms with E-state index in [1.165, 1.54) is 14.6 Å². The topological polar surface area (TPSA) is 12.4 Å². The Hall–Kier alpha value is 1.10. The summed E-state index contributed by atoms with van der Waals surface area (Å²) >= 11 is 6.30. The summed E-state index contributed by atoms with van der Waals surface area (Å²) in [6.45, 7) is 6.45. The van der Waals surface area contributed by atoms with Gasteiger partial charge in [0.15, 0.2) is 0 Å². The Morgan fingerprint density at radius 2 is 2.25 bits per heavy atom. The molecule has 0 spiro atoms. The molecule has 1 saturated heterocycles. The van der Waals surface area contributed by atoms with Gasteiger partial charge in [-0.25, -0.2) is 0 Å². The number of thioether (sulfide) groups is 2. The van der Waals surface area contributed by atoms with Gasteiger partial charge < -0.3 is 0 Å². The number of halogens is 1. The second-order valence-corrected chi connectivity index (χ2v) is 7.19. The van der Waals surface area contributed by atoms with Crippen molar-refractivity contribution >= 4 is 50.5 Å². The zero-order chi connectivity index (χ0) is 9.19. The first-order chi connectivity index (χ1) is 5.51. The molecule has 0 aromatic carbocycles. The van der Waals surface area contributed by atoms with Crippen LogP contribution in [-0.2, 0) is 0 Å². The summed E-state index contributed by atoms with van der Waals surface area (Å²) < 4.78 is 2.52. The maximum Gasteiger partial charge on any atom is 0.125 e. The molecule has 1 nitrogen and oxygen atoms in total. The average molecular weight is 315 g/mol. The summed E-state index contributed by atoms with van der Waals surface area (Å²) in [5.41, 5.74) is 0.0928. The molecular formula is C8H14INS2. The van der Waals surface area contributed by atoms with Crippen molar-refractivity contribution in [2.75, 3.05) is 10.2 Å². The highest BCUT2D eigenvalue weighted by Gasteiger charge is 2.22. The number of alkyl halides is 1. The van der Waals surface area contributed by atoms with Crippen LogP contribution in [0.4, 0.5) is 0 Å². The summed E-state index contributed by atoms with van der Waals surface area (Å²) in [6.07, 6.45) is 0. The quantitative estimate of drug-likeness (QED) is 0.543. The van der Waals surface area contributed by atoms with Gasteiger partial charge in [0.2, 0.25) is 0 Å². The first kappa shape index (κ1) is 11.2. The molecule has 1 unspecified atom stereocenters. The first-order valence-electron chi connectivity index (χ1n) is 3.96. The van der Waals surface area contributed by atoms with E-state index < -0.39 is 0 Å². The number of rotatable bonds is 1. The van der Waals surface area contributed by atoms with E-state index in [-0.39, 0.29) is 5.54 Å². The van der Waals surface area contributed by atoms with Crippen molar-refractivity contribution in [1.82, 2.24) is 0 Å². The van der Waals surface area contributed by atoms with Crippen molar-refractivity contribution in [3.8, 4) is 0 Å². The minimum Gasteiger partial charge on any atom is -0.266 e. The summed E-state index contributed by atoms with van der Waals surface area (Å²) in [5.74, 6) is 1.24. The maximum absolute atomic E-state index is 4.65. The third kappa shape index (κ3) is 3.87. The van der Waals surface area contributed by atoms with Crippen molar-refractivity contribution in [2.24, 2.45) is 4.99 Å². The molecule has 12 heavy (non-hydrogen) atoms. The average Bonchev–Trinajstić information content (AvgIpc) is 2.32. The van der Waals surface area contributed by atoms with Gasteiger partial charge in [-0.1, -0.05) is 46.1 Å². The van der Waals surface area contributed by atoms with E-state index in [9.17, 15) is 0 Å². The fourth-order valence-electron chi connectivity index (χ4n) is 0.783. The monoisotopic (exact) mass is 315 g/mol. The second kappa shape index (κ2) is 4.55. The van der Waals surface area contributed by atoms with Gasteiger partial charge in [-0.05, 0) is 20.8 Å². The highest BCUT2D eigenvalue weighted by molar-refractivity contribution is 14.1. The van der Waals surface area contributed by atoms with Crippen LogP contribution in [0.2, 0.25) is 0 Å². The van der Waals surface area contributed by atoms with Crippen LogP contribution in [0.15, 0.2) is 4.99 Å². The molecule has 0 saturated carbocycles. The van der Waals surface area contributed by atoms with Crippen LogP contribution in [0.5, 0.6) is 0 Å². The largest absolute Gasteiger partial charge is 0.266 e. The number of nitrogens with zero attached hydrogens (tertiary/aromatic N) is 1. The Kier molecular flexibility index (Phi) is 4.24. The molecule has 0 aliphatic carbocycles. The highest BCUT2D eigenvalue weighted by atomic mass is 127. The van der Waals surface area contributed by atoms with Crippen molar-refractivity contribution in [3.63, 3.8) is 0 Å². The highest BCUT2D eigenvalue weighted by Crippen LogP contribution is 2.35. The second-order valence-electron chi connectivity index (χ2n) is 3.75. The molecule has 0 N–H and O–H groups in total. The zero-order valence-corrected chi connectivity index (χ0v) is 11.4. The van der Waals surface area contributed by atoms with Gasteiger partial charge >= 0.3 is 0 Å². The number of hydrogen-bond acceptors (Lipinski definition) is 3. The molecule has 0 aromatic heterocycles. The zero-order valence-electron chi connectivity index (χ0n) is 7.63. The Morgan fingerprint density at radius 1 is 1.58 bits per heavy atom. The predicted octanol–water partition coefficient (Wildman–Crippen LogP) is 3.42. The van der Waals surface area contributed by atoms with Gasteiger partial charge in [-0.3, -0.25) is 4.99 Å². The molecule has 1 aliphatic rings. The lowest BCUT2D eigenvalue weighted by Gasteiger charge is -2.12. The van der Waals surface area contributed by atoms with Crippen molar-refractivity contribution in [2.45, 2.75) is 31.6 Å². The molecule has 0 bridgehead atoms. The first-order valence-corrected chi connectivity index (χ1v) is 7.35. The summed E-state index contributed by atoms with van der Waals surface area (Å²) in [6, 6.07) is 0. The van der Waals surface area contributed by atoms with E-state index in [4.69, 9.17) is 0 Å². The van der Waals surface area contributed by atoms with Gasteiger partial charge in [-0.2, -0.15) is 0 Å². The van der Waals surface area contributed by atoms with Crippen LogP contribution in [-0.4, -0.2) is 25.3 Å². The minimum absolute atomic E-state index is 0.0928. The van der Waals surface area contributed by atoms with Crippen LogP contribution >= 0.6 is 46.1 Å². The SMILES string of the molecule is CC(C)(C)N=C1SCC(CI)S1. The van der Waals surface area contributed by atoms with Gasteiger partial charge in [0.05, 0.1) is 5.54 Å². The molecule has 0 amide bonds. The standard InChI is InChI=1S/C8H14INS2/c1-8(2,3)10-7-11-5-6(4-9)12-7/h6H,4-5H2,1-3H3. The fourth-order valence-corrected chi connectivity index (χ4v) is 4.88. The van der Waals surface area contributed by atoms with Gasteiger partial charge in [0, 0.05) is 15.4 Å². The molecule has 4 heteroatoms. The third-order valence-corrected chi connectivity index (χ3v) is 5.64. The summed E-state index contributed by atoms with van der Waals surface area (Å²) in [5, 5.41) is 0.789. The van der Waals surface area contributed by atoms with Gasteiger partial charge in [-0.15, -0.1) is 0 Å². The molecule has 1 rings (SSSR count). The molecule has 70 valence electrons. The maximum atomic E-state index is 4.65. The van der Waals surface area contributed by atoms with Crippen molar-refractivity contribution in [3.05, 3.63) is 0 Å². The Labute approximate surface area is 96.7 Å². The smallest absolute Gasteiger partial charge is 0.125 e. The molecule has 1 fully saturated rings. The lowest BCUT2D eigenvalue weighted by atomic mass is 10.1. The molecule has 1 atom stereocenters.